The van der Waals surface area contributed by atoms with Crippen LogP contribution in [0.15, 0.2) is 22.1 Å². The summed E-state index contributed by atoms with van der Waals surface area (Å²) in [6, 6.07) is 4.13. The van der Waals surface area contributed by atoms with Crippen LogP contribution in [-0.4, -0.2) is 16.5 Å². The number of imidazole rings is 1. The number of halogens is 1. The second kappa shape index (κ2) is 5.33. The van der Waals surface area contributed by atoms with Crippen LogP contribution in [-0.2, 0) is 0 Å². The van der Waals surface area contributed by atoms with E-state index < -0.39 is 0 Å². The summed E-state index contributed by atoms with van der Waals surface area (Å²) in [7, 11) is 0. The molecule has 0 fully saturated rings. The third-order valence-electron chi connectivity index (χ3n) is 2.84. The zero-order valence-electron chi connectivity index (χ0n) is 9.90. The molecular weight excluding hydrogens is 298 g/mol. The van der Waals surface area contributed by atoms with E-state index in [1.807, 2.05) is 12.3 Å². The fourth-order valence-corrected chi connectivity index (χ4v) is 3.16. The lowest BCUT2D eigenvalue weighted by atomic mass is 9.95. The summed E-state index contributed by atoms with van der Waals surface area (Å²) >= 11 is 5.16. The molecule has 3 nitrogen and oxygen atoms in total. The maximum Gasteiger partial charge on any atom is 0.111 e. The quantitative estimate of drug-likeness (QED) is 0.906. The molecule has 2 aromatic rings. The first kappa shape index (κ1) is 12.8. The number of nitrogens with zero attached hydrogens (tertiary/aromatic N) is 1. The van der Waals surface area contributed by atoms with E-state index in [4.69, 9.17) is 5.73 Å². The van der Waals surface area contributed by atoms with Crippen molar-refractivity contribution >= 4 is 27.3 Å². The number of aromatic amines is 1. The Balaban J connectivity index is 2.26. The van der Waals surface area contributed by atoms with Gasteiger partial charge in [-0.2, -0.15) is 0 Å². The van der Waals surface area contributed by atoms with Gasteiger partial charge in [0.05, 0.1) is 20.6 Å². The Labute approximate surface area is 114 Å². The fraction of sp³-hybridized carbons (Fsp3) is 0.417. The van der Waals surface area contributed by atoms with Crippen molar-refractivity contribution in [3.63, 3.8) is 0 Å². The van der Waals surface area contributed by atoms with Crippen LogP contribution in [0.3, 0.4) is 0 Å². The molecule has 2 aromatic heterocycles. The number of aromatic nitrogens is 2. The molecule has 2 rings (SSSR count). The third-order valence-corrected chi connectivity index (χ3v) is 4.50. The Morgan fingerprint density at radius 1 is 1.47 bits per heavy atom. The zero-order chi connectivity index (χ0) is 12.4. The van der Waals surface area contributed by atoms with Gasteiger partial charge in [0.25, 0.3) is 0 Å². The monoisotopic (exact) mass is 313 g/mol. The van der Waals surface area contributed by atoms with Gasteiger partial charge in [-0.1, -0.05) is 13.8 Å². The van der Waals surface area contributed by atoms with Crippen molar-refractivity contribution in [2.45, 2.75) is 19.8 Å². The number of nitrogens with one attached hydrogen (secondary N) is 1. The van der Waals surface area contributed by atoms with Crippen molar-refractivity contribution in [1.29, 1.82) is 0 Å². The minimum absolute atomic E-state index is 0.298. The molecule has 0 aliphatic rings. The summed E-state index contributed by atoms with van der Waals surface area (Å²) in [5.41, 5.74) is 6.86. The lowest BCUT2D eigenvalue weighted by Crippen LogP contribution is -2.18. The SMILES string of the molecule is CC(C)C(CN)c1ncc(-c2ccc(Br)s2)[nH]1. The molecule has 1 atom stereocenters. The summed E-state index contributed by atoms with van der Waals surface area (Å²) in [5, 5.41) is 0. The smallest absolute Gasteiger partial charge is 0.111 e. The molecule has 0 bridgehead atoms. The van der Waals surface area contributed by atoms with E-state index in [9.17, 15) is 0 Å². The highest BCUT2D eigenvalue weighted by atomic mass is 79.9. The highest BCUT2D eigenvalue weighted by molar-refractivity contribution is 9.11. The van der Waals surface area contributed by atoms with E-state index in [0.29, 0.717) is 18.4 Å². The maximum absolute atomic E-state index is 5.79. The van der Waals surface area contributed by atoms with Crippen molar-refractivity contribution in [2.75, 3.05) is 6.54 Å². The van der Waals surface area contributed by atoms with E-state index in [2.05, 4.69) is 45.8 Å². The highest BCUT2D eigenvalue weighted by Gasteiger charge is 2.17. The average molecular weight is 314 g/mol. The largest absolute Gasteiger partial charge is 0.341 e. The summed E-state index contributed by atoms with van der Waals surface area (Å²) < 4.78 is 1.13. The summed E-state index contributed by atoms with van der Waals surface area (Å²) in [5.74, 6) is 1.78. The summed E-state index contributed by atoms with van der Waals surface area (Å²) in [6.07, 6.45) is 1.89. The van der Waals surface area contributed by atoms with Crippen LogP contribution in [0.25, 0.3) is 10.6 Å². The van der Waals surface area contributed by atoms with Gasteiger partial charge in [-0.25, -0.2) is 4.98 Å². The van der Waals surface area contributed by atoms with Gasteiger partial charge in [-0.05, 0) is 34.0 Å². The van der Waals surface area contributed by atoms with Gasteiger partial charge in [0.1, 0.15) is 5.82 Å². The van der Waals surface area contributed by atoms with E-state index in [0.717, 1.165) is 15.3 Å². The predicted octanol–water partition coefficient (Wildman–Crippen LogP) is 3.60. The minimum atomic E-state index is 0.298. The van der Waals surface area contributed by atoms with Crippen LogP contribution in [0.4, 0.5) is 0 Å². The van der Waals surface area contributed by atoms with Crippen molar-refractivity contribution in [1.82, 2.24) is 9.97 Å². The highest BCUT2D eigenvalue weighted by Crippen LogP contribution is 2.31. The third kappa shape index (κ3) is 2.78. The number of H-pyrrole nitrogens is 1. The normalized spacial score (nSPS) is 13.2. The molecule has 0 saturated heterocycles. The van der Waals surface area contributed by atoms with Crippen molar-refractivity contribution in [3.05, 3.63) is 27.9 Å². The Morgan fingerprint density at radius 3 is 2.76 bits per heavy atom. The number of thiophene rings is 1. The fourth-order valence-electron chi connectivity index (χ4n) is 1.81. The first-order valence-electron chi connectivity index (χ1n) is 5.62. The molecule has 1 unspecified atom stereocenters. The molecule has 3 N–H and O–H groups in total. The van der Waals surface area contributed by atoms with Gasteiger partial charge >= 0.3 is 0 Å². The molecule has 5 heteroatoms. The van der Waals surface area contributed by atoms with Crippen LogP contribution in [0.2, 0.25) is 0 Å². The Kier molecular flexibility index (Phi) is 4.01. The van der Waals surface area contributed by atoms with Crippen molar-refractivity contribution in [3.8, 4) is 10.6 Å². The van der Waals surface area contributed by atoms with Crippen molar-refractivity contribution < 1.29 is 0 Å². The number of rotatable bonds is 4. The van der Waals surface area contributed by atoms with Crippen LogP contribution < -0.4 is 5.73 Å². The number of hydrogen-bond acceptors (Lipinski definition) is 3. The van der Waals surface area contributed by atoms with Gasteiger partial charge in [0.15, 0.2) is 0 Å². The second-order valence-electron chi connectivity index (χ2n) is 4.37. The molecule has 0 amide bonds. The topological polar surface area (TPSA) is 54.7 Å². The molecule has 0 radical (unpaired) electrons. The van der Waals surface area contributed by atoms with E-state index in [1.165, 1.54) is 4.88 Å². The zero-order valence-corrected chi connectivity index (χ0v) is 12.3. The first-order chi connectivity index (χ1) is 8.11. The maximum atomic E-state index is 5.79. The van der Waals surface area contributed by atoms with E-state index in [1.54, 1.807) is 11.3 Å². The minimum Gasteiger partial charge on any atom is -0.341 e. The molecule has 0 aliphatic heterocycles. The summed E-state index contributed by atoms with van der Waals surface area (Å²) in [4.78, 5) is 9.01. The van der Waals surface area contributed by atoms with Gasteiger partial charge in [0, 0.05) is 12.5 Å². The predicted molar refractivity (Wildman–Crippen MR) is 76.2 cm³/mol. The lowest BCUT2D eigenvalue weighted by Gasteiger charge is -2.15. The molecule has 0 aliphatic carbocycles. The van der Waals surface area contributed by atoms with Gasteiger partial charge in [0.2, 0.25) is 0 Å². The molecule has 92 valence electrons. The van der Waals surface area contributed by atoms with Crippen LogP contribution in [0, 0.1) is 5.92 Å². The number of hydrogen-bond donors (Lipinski definition) is 2. The first-order valence-corrected chi connectivity index (χ1v) is 7.23. The van der Waals surface area contributed by atoms with Crippen LogP contribution >= 0.6 is 27.3 Å². The Bertz CT molecular complexity index is 489. The molecule has 0 aromatic carbocycles. The molecule has 0 saturated carbocycles. The van der Waals surface area contributed by atoms with Gasteiger partial charge < -0.3 is 10.7 Å². The van der Waals surface area contributed by atoms with Crippen molar-refractivity contribution in [2.24, 2.45) is 11.7 Å². The molecule has 0 spiro atoms. The average Bonchev–Trinajstić information content (AvgIpc) is 2.87. The standard InChI is InChI=1S/C12H16BrN3S/c1-7(2)8(5-14)12-15-6-9(16-12)10-3-4-11(13)17-10/h3-4,6-8H,5,14H2,1-2H3,(H,15,16). The molecule has 17 heavy (non-hydrogen) atoms. The van der Waals surface area contributed by atoms with E-state index >= 15 is 0 Å². The Hall–Kier alpha value is -0.650. The molecule has 2 heterocycles. The molecular formula is C12H16BrN3S. The lowest BCUT2D eigenvalue weighted by molar-refractivity contribution is 0.487. The number of nitrogens with two attached hydrogens (primary N) is 1. The second-order valence-corrected chi connectivity index (χ2v) is 6.84. The van der Waals surface area contributed by atoms with Crippen LogP contribution in [0.1, 0.15) is 25.6 Å². The van der Waals surface area contributed by atoms with Crippen LogP contribution in [0.5, 0.6) is 0 Å². The Morgan fingerprint density at radius 2 is 2.24 bits per heavy atom. The van der Waals surface area contributed by atoms with Gasteiger partial charge in [-0.3, -0.25) is 0 Å². The summed E-state index contributed by atoms with van der Waals surface area (Å²) in [6.45, 7) is 4.96. The van der Waals surface area contributed by atoms with E-state index in [-0.39, 0.29) is 0 Å². The van der Waals surface area contributed by atoms with Gasteiger partial charge in [-0.15, -0.1) is 11.3 Å².